The third-order valence-corrected chi connectivity index (χ3v) is 10.7. The van der Waals surface area contributed by atoms with Gasteiger partial charge in [0.2, 0.25) is 41.4 Å². The van der Waals surface area contributed by atoms with Gasteiger partial charge < -0.3 is 70.6 Å². The minimum absolute atomic E-state index is 0.0411. The predicted molar refractivity (Wildman–Crippen MR) is 240 cm³/mol. The summed E-state index contributed by atoms with van der Waals surface area (Å²) in [6, 6.07) is -8.97. The summed E-state index contributed by atoms with van der Waals surface area (Å²) in [5.41, 5.74) is 28.0. The average molecular weight is 918 g/mol. The van der Waals surface area contributed by atoms with Crippen LogP contribution in [-0.4, -0.2) is 149 Å². The molecule has 1 heterocycles. The van der Waals surface area contributed by atoms with E-state index in [2.05, 4.69) is 62.2 Å². The van der Waals surface area contributed by atoms with Gasteiger partial charge in [0.25, 0.3) is 0 Å². The molecule has 0 bridgehead atoms. The molecule has 1 saturated heterocycles. The second-order valence-corrected chi connectivity index (χ2v) is 16.4. The van der Waals surface area contributed by atoms with Gasteiger partial charge >= 0.3 is 5.97 Å². The number of nitrogens with one attached hydrogen (secondary N) is 6. The van der Waals surface area contributed by atoms with Crippen molar-refractivity contribution in [1.29, 1.82) is 0 Å². The van der Waals surface area contributed by atoms with E-state index in [9.17, 15) is 43.5 Å². The van der Waals surface area contributed by atoms with Gasteiger partial charge in [-0.1, -0.05) is 13.8 Å². The maximum atomic E-state index is 14.1. The Morgan fingerprint density at radius 1 is 0.677 bits per heavy atom. The first kappa shape index (κ1) is 55.6. The van der Waals surface area contributed by atoms with Gasteiger partial charge in [0.05, 0.1) is 6.04 Å². The number of aliphatic carboxylic acids is 1. The molecule has 0 aromatic carbocycles. The predicted octanol–water partition coefficient (Wildman–Crippen LogP) is -3.46. The van der Waals surface area contributed by atoms with Crippen LogP contribution in [-0.2, 0) is 38.4 Å². The summed E-state index contributed by atoms with van der Waals surface area (Å²) < 4.78 is 0. The molecule has 0 unspecified atom stereocenters. The number of nitrogens with two attached hydrogens (primary N) is 5. The number of carboxylic acids is 1. The van der Waals surface area contributed by atoms with Crippen LogP contribution < -0.4 is 60.6 Å². The molecule has 1 rings (SSSR count). The molecule has 0 radical (unpaired) electrons. The standard InChI is InChI=1S/C38H71N13O9S2/c1-21(2)18-27(34(56)46-24(10-4-6-14-39)33(55)50-28(20-62)37(59)60)49-32(54)25(11-5-7-15-40)47-35(57)29-13-9-17-51(29)36(58)26(12-8-16-44-38(42)43)48-30(52)22(3)45-31(53)23(41)19-61/h21-29,61-62H,4-20,39-41H2,1-3H3,(H,45,53)(H,46,56)(H,47,57)(H,48,52)(H,49,54)(H,50,55)(H,59,60)(H4,42,43,44)/t22-,23-,24-,25-,26-,27-,28-,29-/m0/s1. The highest BCUT2D eigenvalue weighted by Crippen LogP contribution is 2.21. The number of unbranched alkanes of at least 4 members (excludes halogenated alkanes) is 2. The number of nitrogens with zero attached hydrogens (tertiary/aromatic N) is 2. The van der Waals surface area contributed by atoms with Gasteiger partial charge in [0.1, 0.15) is 42.3 Å². The molecule has 0 saturated carbocycles. The Labute approximate surface area is 374 Å². The van der Waals surface area contributed by atoms with E-state index in [1.807, 2.05) is 13.8 Å². The van der Waals surface area contributed by atoms with Gasteiger partial charge in [0.15, 0.2) is 5.96 Å². The van der Waals surface area contributed by atoms with Crippen molar-refractivity contribution in [2.24, 2.45) is 39.6 Å². The Hall–Kier alpha value is -4.39. The molecule has 62 heavy (non-hydrogen) atoms. The second kappa shape index (κ2) is 29.8. The monoisotopic (exact) mass is 917 g/mol. The van der Waals surface area contributed by atoms with Gasteiger partial charge in [-0.25, -0.2) is 4.79 Å². The molecule has 0 spiro atoms. The lowest BCUT2D eigenvalue weighted by molar-refractivity contribution is -0.142. The van der Waals surface area contributed by atoms with E-state index in [1.54, 1.807) is 0 Å². The van der Waals surface area contributed by atoms with Crippen molar-refractivity contribution in [3.05, 3.63) is 0 Å². The molecule has 7 amide bonds. The molecule has 0 aliphatic carbocycles. The second-order valence-electron chi connectivity index (χ2n) is 15.7. The Morgan fingerprint density at radius 2 is 1.19 bits per heavy atom. The maximum Gasteiger partial charge on any atom is 0.327 e. The number of hydrogen-bond donors (Lipinski definition) is 14. The number of thiol groups is 2. The Kier molecular flexibility index (Phi) is 26.8. The van der Waals surface area contributed by atoms with Gasteiger partial charge in [0, 0.05) is 24.6 Å². The van der Waals surface area contributed by atoms with Crippen molar-refractivity contribution in [1.82, 2.24) is 36.8 Å². The summed E-state index contributed by atoms with van der Waals surface area (Å²) in [7, 11) is 0. The number of carbonyl (C=O) groups is 8. The molecule has 1 aliphatic heterocycles. The zero-order valence-corrected chi connectivity index (χ0v) is 37.9. The van der Waals surface area contributed by atoms with Crippen molar-refractivity contribution in [2.45, 2.75) is 140 Å². The highest BCUT2D eigenvalue weighted by Gasteiger charge is 2.40. The van der Waals surface area contributed by atoms with Crippen molar-refractivity contribution in [2.75, 3.05) is 37.7 Å². The fourth-order valence-electron chi connectivity index (χ4n) is 6.53. The maximum absolute atomic E-state index is 14.1. The number of carboxylic acid groups (broad SMARTS) is 1. The highest BCUT2D eigenvalue weighted by atomic mass is 32.1. The van der Waals surface area contributed by atoms with Gasteiger partial charge in [-0.3, -0.25) is 38.6 Å². The van der Waals surface area contributed by atoms with Crippen LogP contribution in [0.1, 0.15) is 91.4 Å². The molecule has 1 aliphatic rings. The smallest absolute Gasteiger partial charge is 0.327 e. The number of hydrogen-bond acceptors (Lipinski definition) is 14. The van der Waals surface area contributed by atoms with Crippen LogP contribution in [0.3, 0.4) is 0 Å². The first-order valence-corrected chi connectivity index (χ1v) is 22.4. The molecule has 22 nitrogen and oxygen atoms in total. The van der Waals surface area contributed by atoms with Gasteiger partial charge in [-0.05, 0) is 96.6 Å². The van der Waals surface area contributed by atoms with Crippen LogP contribution >= 0.6 is 25.3 Å². The number of rotatable bonds is 30. The lowest BCUT2D eigenvalue weighted by Gasteiger charge is -2.31. The molecule has 354 valence electrons. The van der Waals surface area contributed by atoms with Crippen LogP contribution in [0.5, 0.6) is 0 Å². The van der Waals surface area contributed by atoms with Gasteiger partial charge in [-0.15, -0.1) is 0 Å². The minimum Gasteiger partial charge on any atom is -0.480 e. The van der Waals surface area contributed by atoms with E-state index < -0.39 is 95.7 Å². The summed E-state index contributed by atoms with van der Waals surface area (Å²) in [6.45, 7) is 6.06. The molecule has 0 aromatic heterocycles. The third kappa shape index (κ3) is 20.2. The fraction of sp³-hybridized carbons (Fsp3) is 0.763. The third-order valence-electron chi connectivity index (χ3n) is 9.98. The first-order chi connectivity index (χ1) is 29.3. The first-order valence-electron chi connectivity index (χ1n) is 21.1. The van der Waals surface area contributed by atoms with Crippen molar-refractivity contribution in [3.8, 4) is 0 Å². The van der Waals surface area contributed by atoms with E-state index in [0.717, 1.165) is 0 Å². The quantitative estimate of drug-likeness (QED) is 0.0144. The summed E-state index contributed by atoms with van der Waals surface area (Å²) in [6.07, 6.45) is 3.41. The number of aliphatic imine (C=N–C) groups is 1. The van der Waals surface area contributed by atoms with Crippen molar-refractivity contribution >= 4 is 78.5 Å². The lowest BCUT2D eigenvalue weighted by atomic mass is 10.0. The molecule has 8 atom stereocenters. The van der Waals surface area contributed by atoms with E-state index in [-0.39, 0.29) is 75.0 Å². The van der Waals surface area contributed by atoms with Crippen molar-refractivity contribution < 1.29 is 43.5 Å². The Balaban J connectivity index is 3.34. The zero-order chi connectivity index (χ0) is 46.9. The van der Waals surface area contributed by atoms with Crippen LogP contribution in [0.15, 0.2) is 4.99 Å². The number of amides is 7. The number of carbonyl (C=O) groups excluding carboxylic acids is 7. The Morgan fingerprint density at radius 3 is 1.71 bits per heavy atom. The summed E-state index contributed by atoms with van der Waals surface area (Å²) in [4.78, 5) is 112. The topological polar surface area (TPSA) is 375 Å². The molecule has 17 N–H and O–H groups in total. The number of guanidine groups is 1. The summed E-state index contributed by atoms with van der Waals surface area (Å²) in [5, 5.41) is 25.2. The largest absolute Gasteiger partial charge is 0.480 e. The van der Waals surface area contributed by atoms with E-state index >= 15 is 0 Å². The highest BCUT2D eigenvalue weighted by molar-refractivity contribution is 7.80. The molecule has 1 fully saturated rings. The SMILES string of the molecule is CC(C)C[C@H](NC(=O)[C@H](CCCCN)NC(=O)[C@@H]1CCCN1C(=O)[C@H](CCCN=C(N)N)NC(=O)[C@H](C)NC(=O)[C@@H](N)CS)C(=O)N[C@@H](CCCCN)C(=O)N[C@@H](CS)C(=O)O. The molecule has 24 heteroatoms. The van der Waals surface area contributed by atoms with E-state index in [1.165, 1.54) is 11.8 Å². The van der Waals surface area contributed by atoms with Crippen LogP contribution in [0.4, 0.5) is 0 Å². The molecular weight excluding hydrogens is 847 g/mol. The van der Waals surface area contributed by atoms with Crippen LogP contribution in [0, 0.1) is 5.92 Å². The van der Waals surface area contributed by atoms with E-state index in [0.29, 0.717) is 45.2 Å². The minimum atomic E-state index is -1.30. The lowest BCUT2D eigenvalue weighted by Crippen LogP contribution is -2.60. The molecular formula is C38H71N13O9S2. The fourth-order valence-corrected chi connectivity index (χ4v) is 6.94. The summed E-state index contributed by atoms with van der Waals surface area (Å²) in [5.74, 6) is -6.31. The molecule has 0 aromatic rings. The van der Waals surface area contributed by atoms with Gasteiger partial charge in [-0.2, -0.15) is 25.3 Å². The normalized spacial score (nSPS) is 17.0. The number of likely N-dealkylation sites (tertiary alicyclic amines) is 1. The Bertz CT molecular complexity index is 1520. The van der Waals surface area contributed by atoms with Crippen LogP contribution in [0.2, 0.25) is 0 Å². The van der Waals surface area contributed by atoms with Crippen molar-refractivity contribution in [3.63, 3.8) is 0 Å². The average Bonchev–Trinajstić information content (AvgIpc) is 3.72. The van der Waals surface area contributed by atoms with Crippen LogP contribution in [0.25, 0.3) is 0 Å². The zero-order valence-electron chi connectivity index (χ0n) is 36.1. The summed E-state index contributed by atoms with van der Waals surface area (Å²) >= 11 is 8.00. The van der Waals surface area contributed by atoms with E-state index in [4.69, 9.17) is 28.7 Å².